The molecule has 4 rings (SSSR count). The van der Waals surface area contributed by atoms with Crippen LogP contribution in [0.3, 0.4) is 0 Å². The number of carbonyl (C=O) groups is 1. The first-order valence-electron chi connectivity index (χ1n) is 9.69. The molecule has 2 heterocycles. The number of hydrogen-bond acceptors (Lipinski definition) is 4. The molecule has 7 heteroatoms. The third-order valence-corrected chi connectivity index (χ3v) is 5.58. The minimum absolute atomic E-state index is 0.342. The number of fused-ring (bicyclic) bond motifs is 1. The van der Waals surface area contributed by atoms with Crippen LogP contribution < -0.4 is 10.2 Å². The van der Waals surface area contributed by atoms with Crippen LogP contribution in [0, 0.1) is 13.8 Å². The van der Waals surface area contributed by atoms with E-state index in [4.69, 9.17) is 4.74 Å². The Kier molecular flexibility index (Phi) is 5.86. The largest absolute Gasteiger partial charge is 0.496 e. The maximum atomic E-state index is 12.5. The number of benzene rings is 2. The summed E-state index contributed by atoms with van der Waals surface area (Å²) in [7, 11) is 1.53. The van der Waals surface area contributed by atoms with Crippen molar-refractivity contribution < 1.29 is 9.53 Å². The number of nitrogens with zero attached hydrogens (tertiary/aromatic N) is 3. The molecule has 1 amide bonds. The van der Waals surface area contributed by atoms with Gasteiger partial charge in [0.2, 0.25) is 0 Å². The van der Waals surface area contributed by atoms with Gasteiger partial charge >= 0.3 is 0 Å². The minimum Gasteiger partial charge on any atom is -0.496 e. The summed E-state index contributed by atoms with van der Waals surface area (Å²) in [5, 5.41) is 5.24. The van der Waals surface area contributed by atoms with Gasteiger partial charge < -0.3 is 9.30 Å². The molecule has 2 aromatic heterocycles. The van der Waals surface area contributed by atoms with E-state index in [0.717, 1.165) is 38.0 Å². The minimum atomic E-state index is -0.342. The molecular formula is C24H21BrN4O2. The summed E-state index contributed by atoms with van der Waals surface area (Å²) >= 11 is 3.38. The second-order valence-electron chi connectivity index (χ2n) is 7.09. The van der Waals surface area contributed by atoms with Gasteiger partial charge in [-0.05, 0) is 62.4 Å². The Morgan fingerprint density at radius 3 is 2.81 bits per heavy atom. The fourth-order valence-corrected chi connectivity index (χ4v) is 3.96. The van der Waals surface area contributed by atoms with Crippen molar-refractivity contribution in [3.8, 4) is 11.4 Å². The van der Waals surface area contributed by atoms with Crippen molar-refractivity contribution in [2.24, 2.45) is 5.10 Å². The van der Waals surface area contributed by atoms with Gasteiger partial charge in [0.1, 0.15) is 5.75 Å². The van der Waals surface area contributed by atoms with E-state index >= 15 is 0 Å². The zero-order valence-corrected chi connectivity index (χ0v) is 19.0. The van der Waals surface area contributed by atoms with E-state index in [9.17, 15) is 4.79 Å². The standard InChI is InChI=1S/C24H21BrN4O2/c1-15-11-18(14-27-28-24(30)21-13-19(25)6-9-23(21)31-3)16(2)29(15)20-7-8-22-17(12-20)5-4-10-26-22/h4-14H,1-3H3,(H,28,30)/b27-14-. The molecule has 0 fully saturated rings. The Balaban J connectivity index is 1.58. The van der Waals surface area contributed by atoms with Crippen molar-refractivity contribution in [3.63, 3.8) is 0 Å². The molecule has 0 aliphatic rings. The van der Waals surface area contributed by atoms with Crippen LogP contribution in [0.2, 0.25) is 0 Å². The van der Waals surface area contributed by atoms with E-state index in [1.54, 1.807) is 24.5 Å². The zero-order chi connectivity index (χ0) is 22.0. The molecule has 156 valence electrons. The van der Waals surface area contributed by atoms with Gasteiger partial charge in [-0.1, -0.05) is 22.0 Å². The second kappa shape index (κ2) is 8.73. The lowest BCUT2D eigenvalue weighted by Gasteiger charge is -2.10. The van der Waals surface area contributed by atoms with Crippen molar-refractivity contribution in [1.29, 1.82) is 0 Å². The van der Waals surface area contributed by atoms with Gasteiger partial charge in [0, 0.05) is 38.7 Å². The Labute approximate surface area is 188 Å². The van der Waals surface area contributed by atoms with Crippen LogP contribution >= 0.6 is 15.9 Å². The zero-order valence-electron chi connectivity index (χ0n) is 17.4. The third-order valence-electron chi connectivity index (χ3n) is 5.09. The predicted molar refractivity (Wildman–Crippen MR) is 126 cm³/mol. The highest BCUT2D eigenvalue weighted by Gasteiger charge is 2.13. The molecule has 31 heavy (non-hydrogen) atoms. The molecule has 1 N–H and O–H groups in total. The number of nitrogens with one attached hydrogen (secondary N) is 1. The van der Waals surface area contributed by atoms with Crippen molar-refractivity contribution in [3.05, 3.63) is 87.8 Å². The number of methoxy groups -OCH3 is 1. The summed E-state index contributed by atoms with van der Waals surface area (Å²) in [5.41, 5.74) is 8.02. The van der Waals surface area contributed by atoms with E-state index in [2.05, 4.69) is 48.1 Å². The van der Waals surface area contributed by atoms with Gasteiger partial charge in [0.05, 0.1) is 24.4 Å². The Morgan fingerprint density at radius 1 is 1.16 bits per heavy atom. The van der Waals surface area contributed by atoms with E-state index in [-0.39, 0.29) is 5.91 Å². The molecule has 0 atom stereocenters. The third kappa shape index (κ3) is 4.22. The lowest BCUT2D eigenvalue weighted by molar-refractivity contribution is 0.0952. The molecule has 0 aliphatic heterocycles. The summed E-state index contributed by atoms with van der Waals surface area (Å²) in [5.74, 6) is 0.144. The molecule has 0 unspecified atom stereocenters. The molecule has 4 aromatic rings. The van der Waals surface area contributed by atoms with Gasteiger partial charge in [0.15, 0.2) is 0 Å². The highest BCUT2D eigenvalue weighted by Crippen LogP contribution is 2.24. The summed E-state index contributed by atoms with van der Waals surface area (Å²) in [4.78, 5) is 16.9. The molecule has 0 saturated heterocycles. The molecule has 0 saturated carbocycles. The number of hydrazone groups is 1. The first-order valence-corrected chi connectivity index (χ1v) is 10.5. The molecular weight excluding hydrogens is 456 g/mol. The number of hydrogen-bond donors (Lipinski definition) is 1. The average Bonchev–Trinajstić information content (AvgIpc) is 3.06. The first kappa shape index (κ1) is 20.8. The van der Waals surface area contributed by atoms with Crippen molar-refractivity contribution >= 4 is 39.0 Å². The van der Waals surface area contributed by atoms with Gasteiger partial charge in [-0.3, -0.25) is 9.78 Å². The first-order chi connectivity index (χ1) is 15.0. The topological polar surface area (TPSA) is 68.5 Å². The summed E-state index contributed by atoms with van der Waals surface area (Å²) < 4.78 is 8.21. The number of rotatable bonds is 5. The number of aromatic nitrogens is 2. The lowest BCUT2D eigenvalue weighted by Crippen LogP contribution is -2.18. The number of pyridine rings is 1. The number of halogens is 1. The van der Waals surface area contributed by atoms with Gasteiger partial charge in [-0.2, -0.15) is 5.10 Å². The van der Waals surface area contributed by atoms with Crippen molar-refractivity contribution in [1.82, 2.24) is 15.0 Å². The van der Waals surface area contributed by atoms with Gasteiger partial charge in [-0.25, -0.2) is 5.43 Å². The summed E-state index contributed by atoms with van der Waals surface area (Å²) in [6.07, 6.45) is 3.45. The van der Waals surface area contributed by atoms with Crippen LogP contribution in [0.4, 0.5) is 0 Å². The van der Waals surface area contributed by atoms with Crippen molar-refractivity contribution in [2.45, 2.75) is 13.8 Å². The quantitative estimate of drug-likeness (QED) is 0.318. The lowest BCUT2D eigenvalue weighted by atomic mass is 10.2. The normalized spacial score (nSPS) is 11.2. The van der Waals surface area contributed by atoms with Crippen LogP contribution in [-0.4, -0.2) is 28.8 Å². The summed E-state index contributed by atoms with van der Waals surface area (Å²) in [6, 6.07) is 17.5. The molecule has 0 aliphatic carbocycles. The van der Waals surface area contributed by atoms with Crippen molar-refractivity contribution in [2.75, 3.05) is 7.11 Å². The van der Waals surface area contributed by atoms with E-state index in [1.807, 2.05) is 44.2 Å². The van der Waals surface area contributed by atoms with Crippen LogP contribution in [0.15, 0.2) is 70.4 Å². The van der Waals surface area contributed by atoms with Crippen LogP contribution in [0.5, 0.6) is 5.75 Å². The van der Waals surface area contributed by atoms with Gasteiger partial charge in [0.25, 0.3) is 5.91 Å². The molecule has 2 aromatic carbocycles. The highest BCUT2D eigenvalue weighted by atomic mass is 79.9. The molecule has 6 nitrogen and oxygen atoms in total. The van der Waals surface area contributed by atoms with E-state index in [1.165, 1.54) is 7.11 Å². The maximum Gasteiger partial charge on any atom is 0.275 e. The van der Waals surface area contributed by atoms with Crippen LogP contribution in [0.25, 0.3) is 16.6 Å². The summed E-state index contributed by atoms with van der Waals surface area (Å²) in [6.45, 7) is 4.07. The Bertz CT molecular complexity index is 1310. The van der Waals surface area contributed by atoms with E-state index in [0.29, 0.717) is 11.3 Å². The Hall–Kier alpha value is -3.45. The second-order valence-corrected chi connectivity index (χ2v) is 8.00. The molecule has 0 bridgehead atoms. The fourth-order valence-electron chi connectivity index (χ4n) is 3.60. The molecule has 0 radical (unpaired) electrons. The van der Waals surface area contributed by atoms with Gasteiger partial charge in [-0.15, -0.1) is 0 Å². The number of aryl methyl sites for hydroxylation is 1. The number of ether oxygens (including phenoxy) is 1. The van der Waals surface area contributed by atoms with Crippen LogP contribution in [-0.2, 0) is 0 Å². The SMILES string of the molecule is COc1ccc(Br)cc1C(=O)N/N=C\c1cc(C)n(-c2ccc3ncccc3c2)c1C. The average molecular weight is 477 g/mol. The maximum absolute atomic E-state index is 12.5. The molecule has 0 spiro atoms. The van der Waals surface area contributed by atoms with Crippen LogP contribution in [0.1, 0.15) is 27.3 Å². The predicted octanol–water partition coefficient (Wildman–Crippen LogP) is 5.18. The monoisotopic (exact) mass is 476 g/mol. The Morgan fingerprint density at radius 2 is 2.00 bits per heavy atom. The highest BCUT2D eigenvalue weighted by molar-refractivity contribution is 9.10. The number of carbonyl (C=O) groups excluding carboxylic acids is 1. The smallest absolute Gasteiger partial charge is 0.275 e. The fraction of sp³-hybridized carbons (Fsp3) is 0.125. The number of amides is 1. The van der Waals surface area contributed by atoms with E-state index < -0.39 is 0 Å².